The van der Waals surface area contributed by atoms with E-state index in [1.54, 1.807) is 16.8 Å². The van der Waals surface area contributed by atoms with Crippen molar-refractivity contribution in [1.29, 1.82) is 0 Å². The van der Waals surface area contributed by atoms with Gasteiger partial charge in [0.1, 0.15) is 27.9 Å². The summed E-state index contributed by atoms with van der Waals surface area (Å²) in [6.07, 6.45) is 4.87. The SMILES string of the molecule is CC(=O)O[C@H]1CC[C@H](c2nc(Br)c3cnc(Nc4cc(F)cc(Cl)c4)nn32)CC1. The van der Waals surface area contributed by atoms with E-state index in [1.165, 1.54) is 19.1 Å². The Balaban J connectivity index is 1.59. The van der Waals surface area contributed by atoms with Crippen LogP contribution in [0.3, 0.4) is 0 Å². The first-order valence-corrected chi connectivity index (χ1v) is 10.4. The Morgan fingerprint density at radius 2 is 2.07 bits per heavy atom. The Labute approximate surface area is 179 Å². The fraction of sp³-hybridized carbons (Fsp3) is 0.368. The largest absolute Gasteiger partial charge is 0.463 e. The van der Waals surface area contributed by atoms with Gasteiger partial charge in [-0.1, -0.05) is 11.6 Å². The van der Waals surface area contributed by atoms with E-state index in [4.69, 9.17) is 16.3 Å². The van der Waals surface area contributed by atoms with Crippen LogP contribution in [0.1, 0.15) is 44.3 Å². The van der Waals surface area contributed by atoms with Crippen molar-refractivity contribution in [2.75, 3.05) is 5.32 Å². The van der Waals surface area contributed by atoms with Crippen molar-refractivity contribution in [3.8, 4) is 0 Å². The molecule has 1 fully saturated rings. The molecule has 1 N–H and O–H groups in total. The Morgan fingerprint density at radius 1 is 1.31 bits per heavy atom. The molecule has 1 aromatic carbocycles. The van der Waals surface area contributed by atoms with Gasteiger partial charge in [-0.05, 0) is 59.8 Å². The summed E-state index contributed by atoms with van der Waals surface area (Å²) >= 11 is 9.38. The Kier molecular flexibility index (Phi) is 5.69. The number of hydrogen-bond donors (Lipinski definition) is 1. The Morgan fingerprint density at radius 3 is 2.76 bits per heavy atom. The molecule has 1 aliphatic carbocycles. The number of hydrogen-bond acceptors (Lipinski definition) is 6. The van der Waals surface area contributed by atoms with E-state index in [0.29, 0.717) is 16.2 Å². The van der Waals surface area contributed by atoms with Gasteiger partial charge in [0.05, 0.1) is 6.20 Å². The number of anilines is 2. The molecule has 0 saturated heterocycles. The molecule has 0 unspecified atom stereocenters. The van der Waals surface area contributed by atoms with Gasteiger partial charge in [-0.2, -0.15) is 0 Å². The number of fused-ring (bicyclic) bond motifs is 1. The summed E-state index contributed by atoms with van der Waals surface area (Å²) < 4.78 is 21.3. The van der Waals surface area contributed by atoms with Crippen molar-refractivity contribution in [2.24, 2.45) is 0 Å². The minimum absolute atomic E-state index is 0.0389. The first-order valence-electron chi connectivity index (χ1n) is 9.20. The Bertz CT molecular complexity index is 1050. The molecule has 0 radical (unpaired) electrons. The van der Waals surface area contributed by atoms with Gasteiger partial charge in [0.2, 0.25) is 5.95 Å². The molecule has 29 heavy (non-hydrogen) atoms. The molecule has 1 saturated carbocycles. The van der Waals surface area contributed by atoms with Gasteiger partial charge in [-0.25, -0.2) is 18.9 Å². The maximum atomic E-state index is 13.6. The number of carbonyl (C=O) groups is 1. The second-order valence-corrected chi connectivity index (χ2v) is 8.19. The third kappa shape index (κ3) is 4.51. The van der Waals surface area contributed by atoms with Crippen molar-refractivity contribution >= 4 is 50.7 Å². The van der Waals surface area contributed by atoms with Crippen LogP contribution in [0.25, 0.3) is 5.52 Å². The number of carbonyl (C=O) groups excluding carboxylic acids is 1. The van der Waals surface area contributed by atoms with Crippen LogP contribution in [0, 0.1) is 5.82 Å². The van der Waals surface area contributed by atoms with Gasteiger partial charge in [-0.3, -0.25) is 4.79 Å². The molecule has 2 heterocycles. The van der Waals surface area contributed by atoms with E-state index in [1.807, 2.05) is 0 Å². The van der Waals surface area contributed by atoms with Gasteiger partial charge >= 0.3 is 5.97 Å². The van der Waals surface area contributed by atoms with Crippen LogP contribution in [-0.2, 0) is 9.53 Å². The van der Waals surface area contributed by atoms with Gasteiger partial charge in [0, 0.05) is 23.6 Å². The highest BCUT2D eigenvalue weighted by Gasteiger charge is 2.28. The highest BCUT2D eigenvalue weighted by molar-refractivity contribution is 9.10. The first-order chi connectivity index (χ1) is 13.9. The molecule has 152 valence electrons. The number of nitrogens with zero attached hydrogens (tertiary/aromatic N) is 4. The number of nitrogens with one attached hydrogen (secondary N) is 1. The number of ether oxygens (including phenoxy) is 1. The van der Waals surface area contributed by atoms with Gasteiger partial charge in [0.15, 0.2) is 0 Å². The maximum absolute atomic E-state index is 13.6. The predicted molar refractivity (Wildman–Crippen MR) is 110 cm³/mol. The number of esters is 1. The van der Waals surface area contributed by atoms with E-state index in [-0.39, 0.29) is 23.0 Å². The summed E-state index contributed by atoms with van der Waals surface area (Å²) in [4.78, 5) is 20.1. The summed E-state index contributed by atoms with van der Waals surface area (Å²) in [7, 11) is 0. The summed E-state index contributed by atoms with van der Waals surface area (Å²) in [5.74, 6) is 0.613. The maximum Gasteiger partial charge on any atom is 0.302 e. The van der Waals surface area contributed by atoms with Crippen LogP contribution in [0.2, 0.25) is 5.02 Å². The van der Waals surface area contributed by atoms with Crippen LogP contribution >= 0.6 is 27.5 Å². The second-order valence-electron chi connectivity index (χ2n) is 7.01. The number of halogens is 3. The van der Waals surface area contributed by atoms with E-state index >= 15 is 0 Å². The zero-order valence-electron chi connectivity index (χ0n) is 15.5. The highest BCUT2D eigenvalue weighted by atomic mass is 79.9. The zero-order chi connectivity index (χ0) is 20.5. The van der Waals surface area contributed by atoms with Gasteiger partial charge in [-0.15, -0.1) is 5.10 Å². The van der Waals surface area contributed by atoms with E-state index in [2.05, 4.69) is 36.3 Å². The molecule has 0 aliphatic heterocycles. The molecular weight excluding hydrogens is 465 g/mol. The summed E-state index contributed by atoms with van der Waals surface area (Å²) in [5.41, 5.74) is 1.20. The van der Waals surface area contributed by atoms with Gasteiger partial charge < -0.3 is 10.1 Å². The molecule has 0 atom stereocenters. The van der Waals surface area contributed by atoms with Crippen LogP contribution in [0.4, 0.5) is 16.0 Å². The van der Waals surface area contributed by atoms with E-state index < -0.39 is 5.82 Å². The average Bonchev–Trinajstić information content (AvgIpc) is 2.97. The fourth-order valence-electron chi connectivity index (χ4n) is 3.62. The molecule has 3 aromatic rings. The number of rotatable bonds is 4. The van der Waals surface area contributed by atoms with Crippen molar-refractivity contribution in [3.05, 3.63) is 45.7 Å². The normalized spacial score (nSPS) is 19.3. The van der Waals surface area contributed by atoms with Crippen LogP contribution in [0.15, 0.2) is 29.0 Å². The standard InChI is InChI=1S/C19H18BrClFN5O2/c1-10(28)29-15-4-2-11(3-5-15)18-25-17(20)16-9-23-19(26-27(16)18)24-14-7-12(21)6-13(22)8-14/h6-9,11,15H,2-5H2,1H3,(H,24,26)/t11-,15-. The lowest BCUT2D eigenvalue weighted by atomic mass is 9.87. The lowest BCUT2D eigenvalue weighted by molar-refractivity contribution is -0.147. The third-order valence-corrected chi connectivity index (χ3v) is 5.67. The number of imidazole rings is 1. The minimum Gasteiger partial charge on any atom is -0.463 e. The van der Waals surface area contributed by atoms with Gasteiger partial charge in [0.25, 0.3) is 0 Å². The summed E-state index contributed by atoms with van der Waals surface area (Å²) in [6, 6.07) is 4.15. The van der Waals surface area contributed by atoms with Crippen LogP contribution < -0.4 is 5.32 Å². The smallest absolute Gasteiger partial charge is 0.302 e. The third-order valence-electron chi connectivity index (χ3n) is 4.86. The van der Waals surface area contributed by atoms with E-state index in [0.717, 1.165) is 37.0 Å². The highest BCUT2D eigenvalue weighted by Crippen LogP contribution is 2.35. The zero-order valence-corrected chi connectivity index (χ0v) is 17.9. The Hall–Kier alpha value is -2.26. The second kappa shape index (κ2) is 8.23. The predicted octanol–water partition coefficient (Wildman–Crippen LogP) is 5.01. The molecule has 1 aliphatic rings. The number of benzene rings is 1. The summed E-state index contributed by atoms with van der Waals surface area (Å²) in [5, 5.41) is 7.80. The van der Waals surface area contributed by atoms with E-state index in [9.17, 15) is 9.18 Å². The molecule has 4 rings (SSSR count). The molecular formula is C19H18BrClFN5O2. The van der Waals surface area contributed by atoms with Crippen molar-refractivity contribution < 1.29 is 13.9 Å². The molecule has 0 spiro atoms. The lowest BCUT2D eigenvalue weighted by Gasteiger charge is -2.27. The quantitative estimate of drug-likeness (QED) is 0.526. The van der Waals surface area contributed by atoms with Crippen LogP contribution in [-0.4, -0.2) is 31.7 Å². The van der Waals surface area contributed by atoms with Crippen LogP contribution in [0.5, 0.6) is 0 Å². The van der Waals surface area contributed by atoms with Crippen molar-refractivity contribution in [1.82, 2.24) is 19.6 Å². The lowest BCUT2D eigenvalue weighted by Crippen LogP contribution is -2.23. The molecule has 2 aromatic heterocycles. The molecule has 10 heteroatoms. The fourth-order valence-corrected chi connectivity index (χ4v) is 4.30. The molecule has 7 nitrogen and oxygen atoms in total. The van der Waals surface area contributed by atoms with Crippen molar-refractivity contribution in [3.63, 3.8) is 0 Å². The molecule has 0 amide bonds. The average molecular weight is 483 g/mol. The minimum atomic E-state index is -0.448. The molecule has 0 bridgehead atoms. The number of aromatic nitrogens is 4. The monoisotopic (exact) mass is 481 g/mol. The first kappa shape index (κ1) is 20.0. The van der Waals surface area contributed by atoms with Crippen molar-refractivity contribution in [2.45, 2.75) is 44.6 Å². The topological polar surface area (TPSA) is 81.4 Å². The summed E-state index contributed by atoms with van der Waals surface area (Å²) in [6.45, 7) is 1.43.